The largest absolute Gasteiger partial charge is 0.469 e. The maximum absolute atomic E-state index is 13.0. The summed E-state index contributed by atoms with van der Waals surface area (Å²) in [4.78, 5) is 51.7. The lowest BCUT2D eigenvalue weighted by molar-refractivity contribution is -0.366. The molecule has 24 nitrogen and oxygen atoms in total. The molecule has 2 amide bonds. The number of oxazole rings is 1. The number of likely N-dealkylation sites (N-methyl/N-ethyl adjacent to an activating group) is 1. The standard InChI is InChI=1S/C60H101N4O20P/c1-32(25-47(61)66)21-19-22-33(2)34(3)26-35(4)48(67)38(7)43(65)28-45(75-15)52-55(84-85(71,72)73)59(10,11)60(83-52)29-46(81-58-54(78-18)53(77-17)51(76-16)40(9)80-58)39(8)44(82-60)24-20-23-41-30-79-57(63-41)36(5)27-37(6)62-56(70)50(69)49(68)42(31-74-14)64(12)13/h19-23,25-26,30,35-40,42-46,48-55,58,65,67-69H,24,27-29,31H2,1-18H3,(H2,61,66)(H,62,70)(H2,71,72,73). The Hall–Kier alpha value is -3.60. The van der Waals surface area contributed by atoms with Gasteiger partial charge < -0.3 is 93.2 Å². The van der Waals surface area contributed by atoms with Crippen molar-refractivity contribution in [2.75, 3.05) is 56.3 Å². The Kier molecular flexibility index (Phi) is 28.5. The van der Waals surface area contributed by atoms with Crippen molar-refractivity contribution >= 4 is 25.7 Å². The summed E-state index contributed by atoms with van der Waals surface area (Å²) >= 11 is 0. The van der Waals surface area contributed by atoms with E-state index in [1.807, 2.05) is 59.8 Å². The number of phosphoric ester groups is 1. The number of nitrogens with one attached hydrogen (secondary N) is 1. The van der Waals surface area contributed by atoms with E-state index in [0.29, 0.717) is 23.6 Å². The van der Waals surface area contributed by atoms with Gasteiger partial charge in [0.15, 0.2) is 24.1 Å². The molecule has 1 spiro atoms. The van der Waals surface area contributed by atoms with E-state index < -0.39 is 146 Å². The van der Waals surface area contributed by atoms with Crippen molar-refractivity contribution < 1.29 is 95.9 Å². The van der Waals surface area contributed by atoms with Crippen molar-refractivity contribution in [2.24, 2.45) is 28.9 Å². The second kappa shape index (κ2) is 32.8. The summed E-state index contributed by atoms with van der Waals surface area (Å²) in [7, 11) is 5.66. The fourth-order valence-electron chi connectivity index (χ4n) is 11.7. The van der Waals surface area contributed by atoms with Gasteiger partial charge in [-0.1, -0.05) is 77.5 Å². The molecule has 25 heteroatoms. The van der Waals surface area contributed by atoms with E-state index in [4.69, 9.17) is 62.3 Å². The van der Waals surface area contributed by atoms with Gasteiger partial charge in [0.1, 0.15) is 48.6 Å². The molecule has 1 aromatic rings. The lowest BCUT2D eigenvalue weighted by Crippen LogP contribution is -2.62. The highest BCUT2D eigenvalue weighted by Crippen LogP contribution is 2.59. The number of allylic oxidation sites excluding steroid dienone is 6. The summed E-state index contributed by atoms with van der Waals surface area (Å²) in [5, 5.41) is 47.9. The van der Waals surface area contributed by atoms with Gasteiger partial charge in [-0.05, 0) is 78.8 Å². The van der Waals surface area contributed by atoms with Crippen molar-refractivity contribution in [3.8, 4) is 0 Å². The molecule has 3 saturated heterocycles. The molecule has 0 aromatic carbocycles. The number of rotatable bonds is 32. The molecule has 1 aromatic heterocycles. The predicted octanol–water partition coefficient (Wildman–Crippen LogP) is 4.85. The van der Waals surface area contributed by atoms with Crippen LogP contribution in [-0.4, -0.2) is 212 Å². The van der Waals surface area contributed by atoms with Crippen LogP contribution in [0.25, 0.3) is 6.08 Å². The van der Waals surface area contributed by atoms with E-state index >= 15 is 0 Å². The van der Waals surface area contributed by atoms with Crippen molar-refractivity contribution in [3.05, 3.63) is 71.0 Å². The fraction of sp³-hybridized carbons (Fsp3) is 0.750. The molecule has 0 aliphatic carbocycles. The van der Waals surface area contributed by atoms with Crippen LogP contribution in [0, 0.1) is 23.2 Å². The van der Waals surface area contributed by atoms with Gasteiger partial charge in [-0.15, -0.1) is 0 Å². The number of methoxy groups -OCH3 is 5. The van der Waals surface area contributed by atoms with E-state index in [1.54, 1.807) is 86.1 Å². The molecule has 0 saturated carbocycles. The van der Waals surface area contributed by atoms with Gasteiger partial charge in [-0.2, -0.15) is 0 Å². The minimum Gasteiger partial charge on any atom is -0.448 e. The number of hydrogen-bond acceptors (Lipinski definition) is 20. The van der Waals surface area contributed by atoms with Crippen LogP contribution >= 0.6 is 7.82 Å². The fourth-order valence-corrected chi connectivity index (χ4v) is 12.4. The first-order valence-electron chi connectivity index (χ1n) is 29.0. The number of ether oxygens (including phenoxy) is 9. The zero-order valence-electron chi connectivity index (χ0n) is 53.0. The molecule has 4 rings (SSSR count). The van der Waals surface area contributed by atoms with Gasteiger partial charge in [0, 0.05) is 89.6 Å². The molecule has 0 bridgehead atoms. The number of nitrogens with two attached hydrogens (primary N) is 1. The summed E-state index contributed by atoms with van der Waals surface area (Å²) in [6.07, 6.45) is 0.312. The molecule has 3 fully saturated rings. The number of primary amides is 1. The van der Waals surface area contributed by atoms with Crippen molar-refractivity contribution in [1.82, 2.24) is 15.2 Å². The Balaban J connectivity index is 1.65. The van der Waals surface area contributed by atoms with Gasteiger partial charge in [-0.25, -0.2) is 9.55 Å². The number of aliphatic hydroxyl groups excluding tert-OH is 4. The highest BCUT2D eigenvalue weighted by atomic mass is 31.2. The normalized spacial score (nSPS) is 30.8. The van der Waals surface area contributed by atoms with Crippen LogP contribution in [-0.2, 0) is 61.3 Å². The zero-order chi connectivity index (χ0) is 64.1. The molecule has 9 N–H and O–H groups in total. The summed E-state index contributed by atoms with van der Waals surface area (Å²) in [6.45, 7) is 20.1. The number of carbonyl (C=O) groups excluding carboxylic acids is 2. The molecule has 3 aliphatic rings. The Morgan fingerprint density at radius 3 is 2.15 bits per heavy atom. The van der Waals surface area contributed by atoms with Gasteiger partial charge in [0.25, 0.3) is 5.91 Å². The average Bonchev–Trinajstić information content (AvgIpc) is 1.76. The lowest BCUT2D eigenvalue weighted by atomic mass is 9.72. The summed E-state index contributed by atoms with van der Waals surface area (Å²) < 4.78 is 81.1. The highest BCUT2D eigenvalue weighted by Gasteiger charge is 2.68. The third-order valence-corrected chi connectivity index (χ3v) is 17.6. The number of aliphatic hydroxyl groups is 4. The number of nitrogens with zero attached hydrogens (tertiary/aromatic N) is 2. The maximum Gasteiger partial charge on any atom is 0.469 e. The van der Waals surface area contributed by atoms with E-state index in [-0.39, 0.29) is 31.8 Å². The van der Waals surface area contributed by atoms with Gasteiger partial charge in [-0.3, -0.25) is 14.1 Å². The molecule has 3 aliphatic heterocycles. The van der Waals surface area contributed by atoms with E-state index in [2.05, 4.69) is 5.32 Å². The van der Waals surface area contributed by atoms with E-state index in [9.17, 15) is 44.4 Å². The Morgan fingerprint density at radius 1 is 0.929 bits per heavy atom. The summed E-state index contributed by atoms with van der Waals surface area (Å²) in [5.74, 6) is -4.45. The van der Waals surface area contributed by atoms with Gasteiger partial charge in [0.2, 0.25) is 5.91 Å². The average molecular weight is 1230 g/mol. The first-order chi connectivity index (χ1) is 39.7. The Labute approximate surface area is 502 Å². The molecule has 21 unspecified atom stereocenters. The van der Waals surface area contributed by atoms with E-state index in [0.717, 1.165) is 11.1 Å². The van der Waals surface area contributed by atoms with Crippen LogP contribution in [0.3, 0.4) is 0 Å². The molecule has 0 radical (unpaired) electrons. The van der Waals surface area contributed by atoms with Crippen LogP contribution < -0.4 is 11.1 Å². The summed E-state index contributed by atoms with van der Waals surface area (Å²) in [5.41, 5.74) is 6.83. The maximum atomic E-state index is 13.0. The predicted molar refractivity (Wildman–Crippen MR) is 316 cm³/mol. The topological polar surface area (TPSA) is 332 Å². The summed E-state index contributed by atoms with van der Waals surface area (Å²) in [6, 6.07) is -1.06. The number of carbonyl (C=O) groups is 2. The smallest absolute Gasteiger partial charge is 0.448 e. The zero-order valence-corrected chi connectivity index (χ0v) is 53.9. The highest BCUT2D eigenvalue weighted by molar-refractivity contribution is 7.46. The van der Waals surface area contributed by atoms with Gasteiger partial charge >= 0.3 is 7.82 Å². The molecular weight excluding hydrogens is 1130 g/mol. The third kappa shape index (κ3) is 19.4. The molecule has 4 heterocycles. The monoisotopic (exact) mass is 1230 g/mol. The van der Waals surface area contributed by atoms with E-state index in [1.165, 1.54) is 33.7 Å². The second-order valence-electron chi connectivity index (χ2n) is 24.1. The van der Waals surface area contributed by atoms with Crippen molar-refractivity contribution in [1.29, 1.82) is 0 Å². The minimum atomic E-state index is -5.26. The van der Waals surface area contributed by atoms with Crippen LogP contribution in [0.4, 0.5) is 0 Å². The second-order valence-corrected chi connectivity index (χ2v) is 25.3. The van der Waals surface area contributed by atoms with Crippen LogP contribution in [0.15, 0.2) is 63.9 Å². The molecule has 85 heavy (non-hydrogen) atoms. The van der Waals surface area contributed by atoms with Crippen LogP contribution in [0.1, 0.15) is 119 Å². The minimum absolute atomic E-state index is 0.00700. The number of hydrogen-bond donors (Lipinski definition) is 8. The Bertz CT molecular complexity index is 2480. The Morgan fingerprint density at radius 2 is 1.58 bits per heavy atom. The lowest BCUT2D eigenvalue weighted by Gasteiger charge is -2.52. The molecule has 486 valence electrons. The first-order valence-corrected chi connectivity index (χ1v) is 30.6. The SMILES string of the molecule is COCC(C(O)C(O)C(=O)NC(C)CC(C)c1nc(C=CCC2OC3(CC(OC4OC(C)C(OC)C(OC)C4OC)C2C)OC(C(CC(O)C(C)C(O)C(C)C=C(C)C(C)=CC=CC(C)=CC(N)=O)OC)C(OP(=O)(O)O)C3(C)C)co1)N(C)C. The third-order valence-electron chi connectivity index (χ3n) is 17.1. The quantitative estimate of drug-likeness (QED) is 0.0271. The molecule has 21 atom stereocenters. The number of phosphoric acid groups is 1. The number of aromatic nitrogens is 1. The molecular formula is C60H101N4O20P. The van der Waals surface area contributed by atoms with Crippen molar-refractivity contribution in [3.63, 3.8) is 0 Å². The first kappa shape index (κ1) is 73.9. The van der Waals surface area contributed by atoms with Crippen molar-refractivity contribution in [2.45, 2.75) is 211 Å². The number of amides is 2. The van der Waals surface area contributed by atoms with Crippen LogP contribution in [0.2, 0.25) is 0 Å². The van der Waals surface area contributed by atoms with Crippen LogP contribution in [0.5, 0.6) is 0 Å². The van der Waals surface area contributed by atoms with Gasteiger partial charge in [0.05, 0.1) is 49.3 Å².